The minimum Gasteiger partial charge on any atom is -0.343 e. The van der Waals surface area contributed by atoms with E-state index in [0.717, 1.165) is 5.56 Å². The van der Waals surface area contributed by atoms with Gasteiger partial charge in [-0.25, -0.2) is 8.42 Å². The number of nitrogens with zero attached hydrogens (tertiary/aromatic N) is 3. The molecular formula is C26H43N3O4S. The minimum absolute atomic E-state index is 0.0226. The Hall–Kier alpha value is -1.93. The topological polar surface area (TPSA) is 78.0 Å². The molecule has 7 nitrogen and oxygen atoms in total. The molecular weight excluding hydrogens is 450 g/mol. The molecule has 0 unspecified atom stereocenters. The van der Waals surface area contributed by atoms with Crippen LogP contribution in [-0.2, 0) is 26.2 Å². The largest absolute Gasteiger partial charge is 0.343 e. The van der Waals surface area contributed by atoms with Crippen LogP contribution in [0, 0.1) is 11.8 Å². The Balaban J connectivity index is 2.19. The van der Waals surface area contributed by atoms with E-state index in [1.165, 1.54) is 4.31 Å². The van der Waals surface area contributed by atoms with Gasteiger partial charge in [0.2, 0.25) is 21.8 Å². The predicted molar refractivity (Wildman–Crippen MR) is 137 cm³/mol. The van der Waals surface area contributed by atoms with Crippen LogP contribution in [0.1, 0.15) is 65.9 Å². The third kappa shape index (κ3) is 8.69. The molecule has 1 fully saturated rings. The number of piperidine rings is 1. The Bertz CT molecular complexity index is 879. The molecule has 34 heavy (non-hydrogen) atoms. The summed E-state index contributed by atoms with van der Waals surface area (Å²) >= 11 is 0. The molecule has 1 aromatic carbocycles. The van der Waals surface area contributed by atoms with Crippen LogP contribution in [0.15, 0.2) is 30.3 Å². The van der Waals surface area contributed by atoms with Gasteiger partial charge in [0.25, 0.3) is 0 Å². The third-order valence-electron chi connectivity index (χ3n) is 6.09. The molecule has 0 bridgehead atoms. The van der Waals surface area contributed by atoms with Crippen LogP contribution >= 0.6 is 0 Å². The number of carbonyl (C=O) groups excluding carboxylic acids is 2. The molecule has 8 heteroatoms. The number of amides is 2. The van der Waals surface area contributed by atoms with E-state index in [1.807, 2.05) is 74.8 Å². The van der Waals surface area contributed by atoms with E-state index in [0.29, 0.717) is 57.8 Å². The summed E-state index contributed by atoms with van der Waals surface area (Å²) in [6.07, 6.45) is 2.46. The minimum atomic E-state index is -3.50. The van der Waals surface area contributed by atoms with Gasteiger partial charge in [0.15, 0.2) is 0 Å². The highest BCUT2D eigenvalue weighted by Gasteiger charge is 2.32. The molecule has 0 spiro atoms. The molecule has 192 valence electrons. The van der Waals surface area contributed by atoms with Gasteiger partial charge in [0.05, 0.1) is 12.3 Å². The zero-order chi connectivity index (χ0) is 25.3. The monoisotopic (exact) mass is 493 g/mol. The van der Waals surface area contributed by atoms with Crippen LogP contribution in [0.3, 0.4) is 0 Å². The second-order valence-electron chi connectivity index (χ2n) is 10.2. The summed E-state index contributed by atoms with van der Waals surface area (Å²) in [4.78, 5) is 29.8. The maximum absolute atomic E-state index is 13.6. The highest BCUT2D eigenvalue weighted by molar-refractivity contribution is 7.89. The molecule has 2 rings (SSSR count). The molecule has 1 heterocycles. The standard InChI is InChI=1S/C26H43N3O4S/c1-6-16-34(32,33)28(18-22(4)5)20-26(31)29(19-23-10-8-7-9-11-23)24-12-14-27(15-13-24)25(30)17-21(2)3/h7-11,21-22,24H,6,12-20H2,1-5H3. The van der Waals surface area contributed by atoms with Crippen molar-refractivity contribution in [3.05, 3.63) is 35.9 Å². The van der Waals surface area contributed by atoms with Crippen LogP contribution in [0.4, 0.5) is 0 Å². The molecule has 1 aliphatic heterocycles. The van der Waals surface area contributed by atoms with Gasteiger partial charge in [0.1, 0.15) is 0 Å². The summed E-state index contributed by atoms with van der Waals surface area (Å²) in [6, 6.07) is 9.79. The highest BCUT2D eigenvalue weighted by atomic mass is 32.2. The molecule has 0 radical (unpaired) electrons. The lowest BCUT2D eigenvalue weighted by atomic mass is 10.0. The van der Waals surface area contributed by atoms with E-state index in [4.69, 9.17) is 0 Å². The summed E-state index contributed by atoms with van der Waals surface area (Å²) in [5.41, 5.74) is 1.01. The van der Waals surface area contributed by atoms with Crippen molar-refractivity contribution in [1.29, 1.82) is 0 Å². The summed E-state index contributed by atoms with van der Waals surface area (Å²) in [6.45, 7) is 11.7. The normalized spacial score (nSPS) is 15.4. The molecule has 0 atom stereocenters. The van der Waals surface area contributed by atoms with Gasteiger partial charge in [-0.1, -0.05) is 65.0 Å². The van der Waals surface area contributed by atoms with E-state index >= 15 is 0 Å². The van der Waals surface area contributed by atoms with E-state index < -0.39 is 10.0 Å². The van der Waals surface area contributed by atoms with E-state index in [-0.39, 0.29) is 36.1 Å². The first-order valence-corrected chi connectivity index (χ1v) is 14.2. The molecule has 1 aromatic rings. The van der Waals surface area contributed by atoms with E-state index in [1.54, 1.807) is 0 Å². The first kappa shape index (κ1) is 28.3. The van der Waals surface area contributed by atoms with Crippen molar-refractivity contribution in [1.82, 2.24) is 14.1 Å². The lowest BCUT2D eigenvalue weighted by molar-refractivity contribution is -0.137. The lowest BCUT2D eigenvalue weighted by Gasteiger charge is -2.39. The maximum Gasteiger partial charge on any atom is 0.238 e. The second kappa shape index (κ2) is 13.2. The summed E-state index contributed by atoms with van der Waals surface area (Å²) in [5, 5.41) is 0. The Labute approximate surface area is 206 Å². The fraction of sp³-hybridized carbons (Fsp3) is 0.692. The van der Waals surface area contributed by atoms with E-state index in [9.17, 15) is 18.0 Å². The van der Waals surface area contributed by atoms with Crippen molar-refractivity contribution in [3.63, 3.8) is 0 Å². The van der Waals surface area contributed by atoms with Crippen LogP contribution < -0.4 is 0 Å². The average Bonchev–Trinajstić information content (AvgIpc) is 2.77. The van der Waals surface area contributed by atoms with Gasteiger partial charge in [-0.15, -0.1) is 0 Å². The Morgan fingerprint density at radius 1 is 1.03 bits per heavy atom. The van der Waals surface area contributed by atoms with Gasteiger partial charge in [-0.2, -0.15) is 4.31 Å². The first-order chi connectivity index (χ1) is 16.0. The third-order valence-corrected chi connectivity index (χ3v) is 8.08. The summed E-state index contributed by atoms with van der Waals surface area (Å²) in [7, 11) is -3.50. The quantitative estimate of drug-likeness (QED) is 0.444. The van der Waals surface area contributed by atoms with Crippen molar-refractivity contribution >= 4 is 21.8 Å². The van der Waals surface area contributed by atoms with Gasteiger partial charge in [0, 0.05) is 38.6 Å². The summed E-state index contributed by atoms with van der Waals surface area (Å²) in [5.74, 6) is 0.483. The fourth-order valence-electron chi connectivity index (χ4n) is 4.42. The summed E-state index contributed by atoms with van der Waals surface area (Å²) < 4.78 is 27.1. The number of carbonyl (C=O) groups is 2. The van der Waals surface area contributed by atoms with Crippen molar-refractivity contribution in [3.8, 4) is 0 Å². The number of sulfonamides is 1. The average molecular weight is 494 g/mol. The molecule has 1 saturated heterocycles. The van der Waals surface area contributed by atoms with Crippen LogP contribution in [0.5, 0.6) is 0 Å². The number of hydrogen-bond donors (Lipinski definition) is 0. The van der Waals surface area contributed by atoms with Crippen molar-refractivity contribution in [2.45, 2.75) is 72.9 Å². The molecule has 0 saturated carbocycles. The Morgan fingerprint density at radius 3 is 2.18 bits per heavy atom. The van der Waals surface area contributed by atoms with Crippen molar-refractivity contribution in [2.75, 3.05) is 31.9 Å². The van der Waals surface area contributed by atoms with Gasteiger partial charge in [-0.3, -0.25) is 9.59 Å². The van der Waals surface area contributed by atoms with Crippen LogP contribution in [0.25, 0.3) is 0 Å². The Morgan fingerprint density at radius 2 is 1.65 bits per heavy atom. The van der Waals surface area contributed by atoms with Crippen LogP contribution in [-0.4, -0.2) is 72.3 Å². The van der Waals surface area contributed by atoms with Gasteiger partial charge < -0.3 is 9.80 Å². The molecule has 1 aliphatic rings. The number of benzene rings is 1. The van der Waals surface area contributed by atoms with Crippen molar-refractivity contribution in [2.24, 2.45) is 11.8 Å². The lowest BCUT2D eigenvalue weighted by Crippen LogP contribution is -2.51. The van der Waals surface area contributed by atoms with E-state index in [2.05, 4.69) is 0 Å². The second-order valence-corrected chi connectivity index (χ2v) is 12.3. The zero-order valence-electron chi connectivity index (χ0n) is 21.6. The highest BCUT2D eigenvalue weighted by Crippen LogP contribution is 2.22. The molecule has 0 aromatic heterocycles. The smallest absolute Gasteiger partial charge is 0.238 e. The van der Waals surface area contributed by atoms with Gasteiger partial charge >= 0.3 is 0 Å². The van der Waals surface area contributed by atoms with Crippen molar-refractivity contribution < 1.29 is 18.0 Å². The predicted octanol–water partition coefficient (Wildman–Crippen LogP) is 3.75. The van der Waals surface area contributed by atoms with Crippen LogP contribution in [0.2, 0.25) is 0 Å². The maximum atomic E-state index is 13.6. The fourth-order valence-corrected chi connectivity index (χ4v) is 6.03. The molecule has 2 amide bonds. The first-order valence-electron chi connectivity index (χ1n) is 12.6. The Kier molecular flexibility index (Phi) is 11.0. The SMILES string of the molecule is CCCS(=O)(=O)N(CC(=O)N(Cc1ccccc1)C1CCN(C(=O)CC(C)C)CC1)CC(C)C. The number of hydrogen-bond acceptors (Lipinski definition) is 4. The molecule has 0 N–H and O–H groups in total. The number of likely N-dealkylation sites (tertiary alicyclic amines) is 1. The van der Waals surface area contributed by atoms with Gasteiger partial charge in [-0.05, 0) is 36.7 Å². The molecule has 0 aliphatic carbocycles. The number of rotatable bonds is 12. The zero-order valence-corrected chi connectivity index (χ0v) is 22.4.